The second-order valence-corrected chi connectivity index (χ2v) is 10.00. The number of ether oxygens (including phenoxy) is 1. The molecule has 0 aliphatic carbocycles. The predicted octanol–water partition coefficient (Wildman–Crippen LogP) is 5.31. The number of nitrogens with zero attached hydrogens (tertiary/aromatic N) is 5. The van der Waals surface area contributed by atoms with Gasteiger partial charge in [-0.3, -0.25) is 4.90 Å². The topological polar surface area (TPSA) is 56.1 Å². The average molecular weight is 452 g/mol. The van der Waals surface area contributed by atoms with Crippen molar-refractivity contribution in [2.75, 3.05) is 26.3 Å². The average Bonchev–Trinajstić information content (AvgIpc) is 3.12. The van der Waals surface area contributed by atoms with E-state index in [1.807, 2.05) is 22.9 Å². The number of morpholine rings is 1. The SMILES string of the molecule is CC(C)C(c1nnnn1C(C=Cc1ccc(Cl)cc1Cl)C(C)(C)C)N1CCOCC1. The molecule has 1 aliphatic heterocycles. The van der Waals surface area contributed by atoms with Crippen molar-refractivity contribution >= 4 is 29.3 Å². The van der Waals surface area contributed by atoms with Gasteiger partial charge in [0.1, 0.15) is 0 Å². The minimum absolute atomic E-state index is 0.0449. The van der Waals surface area contributed by atoms with Crippen molar-refractivity contribution in [3.63, 3.8) is 0 Å². The molecule has 1 aromatic carbocycles. The smallest absolute Gasteiger partial charge is 0.169 e. The van der Waals surface area contributed by atoms with Crippen LogP contribution in [0.3, 0.4) is 0 Å². The molecule has 8 heteroatoms. The Balaban J connectivity index is 1.98. The summed E-state index contributed by atoms with van der Waals surface area (Å²) in [5, 5.41) is 14.2. The largest absolute Gasteiger partial charge is 0.379 e. The van der Waals surface area contributed by atoms with Crippen LogP contribution in [0.4, 0.5) is 0 Å². The Labute approximate surface area is 189 Å². The number of halogens is 2. The van der Waals surface area contributed by atoms with Crippen molar-refractivity contribution in [3.8, 4) is 0 Å². The molecular formula is C22H31Cl2N5O. The van der Waals surface area contributed by atoms with Gasteiger partial charge in [0.25, 0.3) is 0 Å². The highest BCUT2D eigenvalue weighted by atomic mass is 35.5. The summed E-state index contributed by atoms with van der Waals surface area (Å²) < 4.78 is 7.53. The lowest BCUT2D eigenvalue weighted by Crippen LogP contribution is -2.42. The summed E-state index contributed by atoms with van der Waals surface area (Å²) in [6.07, 6.45) is 4.16. The van der Waals surface area contributed by atoms with Crippen LogP contribution in [-0.2, 0) is 4.74 Å². The van der Waals surface area contributed by atoms with E-state index in [0.29, 0.717) is 16.0 Å². The zero-order valence-electron chi connectivity index (χ0n) is 18.3. The number of hydrogen-bond acceptors (Lipinski definition) is 5. The number of aromatic nitrogens is 4. The molecule has 0 spiro atoms. The molecule has 6 nitrogen and oxygen atoms in total. The quantitative estimate of drug-likeness (QED) is 0.595. The highest BCUT2D eigenvalue weighted by Crippen LogP contribution is 2.36. The van der Waals surface area contributed by atoms with Crippen LogP contribution >= 0.6 is 23.2 Å². The van der Waals surface area contributed by atoms with Gasteiger partial charge in [0.05, 0.1) is 25.3 Å². The van der Waals surface area contributed by atoms with E-state index < -0.39 is 0 Å². The predicted molar refractivity (Wildman–Crippen MR) is 122 cm³/mol. The molecule has 0 radical (unpaired) electrons. The molecular weight excluding hydrogens is 421 g/mol. The molecule has 164 valence electrons. The number of allylic oxidation sites excluding steroid dienone is 1. The first-order chi connectivity index (χ1) is 14.2. The van der Waals surface area contributed by atoms with Gasteiger partial charge in [-0.25, -0.2) is 4.68 Å². The van der Waals surface area contributed by atoms with Crippen LogP contribution in [-0.4, -0.2) is 51.4 Å². The lowest BCUT2D eigenvalue weighted by molar-refractivity contribution is 0.00148. The highest BCUT2D eigenvalue weighted by molar-refractivity contribution is 6.35. The molecule has 1 aromatic heterocycles. The number of benzene rings is 1. The van der Waals surface area contributed by atoms with E-state index in [-0.39, 0.29) is 17.5 Å². The molecule has 0 bridgehead atoms. The Morgan fingerprint density at radius 2 is 1.83 bits per heavy atom. The molecule has 1 aliphatic rings. The molecule has 2 aromatic rings. The Morgan fingerprint density at radius 1 is 1.13 bits per heavy atom. The summed E-state index contributed by atoms with van der Waals surface area (Å²) in [5.41, 5.74) is 0.810. The van der Waals surface area contributed by atoms with Crippen LogP contribution in [0.2, 0.25) is 10.0 Å². The molecule has 0 saturated carbocycles. The zero-order valence-corrected chi connectivity index (χ0v) is 19.9. The summed E-state index contributed by atoms with van der Waals surface area (Å²) in [7, 11) is 0. The summed E-state index contributed by atoms with van der Waals surface area (Å²) in [6, 6.07) is 5.60. The van der Waals surface area contributed by atoms with Crippen molar-refractivity contribution in [3.05, 3.63) is 45.7 Å². The summed E-state index contributed by atoms with van der Waals surface area (Å²) >= 11 is 12.4. The maximum absolute atomic E-state index is 6.38. The molecule has 30 heavy (non-hydrogen) atoms. The van der Waals surface area contributed by atoms with Gasteiger partial charge in [-0.15, -0.1) is 5.10 Å². The van der Waals surface area contributed by atoms with Crippen molar-refractivity contribution < 1.29 is 4.74 Å². The standard InChI is InChI=1S/C22H31Cl2N5O/c1-15(2)20(28-10-12-30-13-11-28)21-25-26-27-29(21)19(22(3,4)5)9-7-16-6-8-17(23)14-18(16)24/h6-9,14-15,19-20H,10-13H2,1-5H3. The Morgan fingerprint density at radius 3 is 2.43 bits per heavy atom. The lowest BCUT2D eigenvalue weighted by atomic mass is 9.85. The van der Waals surface area contributed by atoms with Crippen molar-refractivity contribution in [1.29, 1.82) is 0 Å². The van der Waals surface area contributed by atoms with Gasteiger partial charge in [0.2, 0.25) is 0 Å². The summed E-state index contributed by atoms with van der Waals surface area (Å²) in [6.45, 7) is 14.2. The molecule has 2 atom stereocenters. The van der Waals surface area contributed by atoms with E-state index in [1.165, 1.54) is 0 Å². The van der Waals surface area contributed by atoms with Crippen LogP contribution < -0.4 is 0 Å². The second kappa shape index (κ2) is 9.77. The third-order valence-electron chi connectivity index (χ3n) is 5.42. The summed E-state index contributed by atoms with van der Waals surface area (Å²) in [5.74, 6) is 1.25. The zero-order chi connectivity index (χ0) is 21.9. The van der Waals surface area contributed by atoms with Crippen LogP contribution in [0, 0.1) is 11.3 Å². The van der Waals surface area contributed by atoms with Gasteiger partial charge >= 0.3 is 0 Å². The van der Waals surface area contributed by atoms with Crippen molar-refractivity contribution in [2.24, 2.45) is 11.3 Å². The number of tetrazole rings is 1. The van der Waals surface area contributed by atoms with E-state index in [2.05, 4.69) is 61.1 Å². The van der Waals surface area contributed by atoms with Crippen LogP contribution in [0.1, 0.15) is 58.1 Å². The van der Waals surface area contributed by atoms with Gasteiger partial charge in [-0.1, -0.05) is 76.0 Å². The number of rotatable bonds is 6. The first-order valence-electron chi connectivity index (χ1n) is 10.4. The summed E-state index contributed by atoms with van der Waals surface area (Å²) in [4.78, 5) is 2.43. The van der Waals surface area contributed by atoms with E-state index in [0.717, 1.165) is 37.7 Å². The third kappa shape index (κ3) is 5.41. The fourth-order valence-corrected chi connectivity index (χ4v) is 4.37. The molecule has 2 heterocycles. The lowest BCUT2D eigenvalue weighted by Gasteiger charge is -2.37. The second-order valence-electron chi connectivity index (χ2n) is 9.15. The maximum atomic E-state index is 6.38. The van der Waals surface area contributed by atoms with E-state index in [1.54, 1.807) is 6.07 Å². The van der Waals surface area contributed by atoms with Gasteiger partial charge < -0.3 is 4.74 Å². The van der Waals surface area contributed by atoms with Crippen molar-refractivity contribution in [2.45, 2.75) is 46.7 Å². The molecule has 0 N–H and O–H groups in total. The normalized spacial score (nSPS) is 18.3. The highest BCUT2D eigenvalue weighted by Gasteiger charge is 2.34. The van der Waals surface area contributed by atoms with Crippen LogP contribution in [0.15, 0.2) is 24.3 Å². The molecule has 1 saturated heterocycles. The Hall–Kier alpha value is -1.47. The first kappa shape index (κ1) is 23.2. The minimum Gasteiger partial charge on any atom is -0.379 e. The van der Waals surface area contributed by atoms with Gasteiger partial charge in [0.15, 0.2) is 5.82 Å². The molecule has 0 amide bonds. The Bertz CT molecular complexity index is 869. The Kier molecular flexibility index (Phi) is 7.56. The van der Waals surface area contributed by atoms with E-state index >= 15 is 0 Å². The fourth-order valence-electron chi connectivity index (χ4n) is 3.90. The number of hydrogen-bond donors (Lipinski definition) is 0. The van der Waals surface area contributed by atoms with Crippen LogP contribution in [0.5, 0.6) is 0 Å². The maximum Gasteiger partial charge on any atom is 0.169 e. The van der Waals surface area contributed by atoms with E-state index in [9.17, 15) is 0 Å². The van der Waals surface area contributed by atoms with Crippen molar-refractivity contribution in [1.82, 2.24) is 25.1 Å². The van der Waals surface area contributed by atoms with Gasteiger partial charge in [-0.05, 0) is 39.5 Å². The van der Waals surface area contributed by atoms with E-state index in [4.69, 9.17) is 27.9 Å². The minimum atomic E-state index is -0.105. The molecule has 3 rings (SSSR count). The fraction of sp³-hybridized carbons (Fsp3) is 0.591. The molecule has 1 fully saturated rings. The van der Waals surface area contributed by atoms with Gasteiger partial charge in [-0.2, -0.15) is 0 Å². The molecule has 2 unspecified atom stereocenters. The monoisotopic (exact) mass is 451 g/mol. The van der Waals surface area contributed by atoms with Crippen LogP contribution in [0.25, 0.3) is 6.08 Å². The first-order valence-corrected chi connectivity index (χ1v) is 11.2. The van der Waals surface area contributed by atoms with Gasteiger partial charge in [0, 0.05) is 23.1 Å². The third-order valence-corrected chi connectivity index (χ3v) is 5.99.